The summed E-state index contributed by atoms with van der Waals surface area (Å²) in [5.74, 6) is 0.856. The lowest BCUT2D eigenvalue weighted by Crippen LogP contribution is -2.15. The van der Waals surface area contributed by atoms with E-state index in [1.165, 1.54) is 5.56 Å². The molecule has 0 heterocycles. The van der Waals surface area contributed by atoms with E-state index in [0.29, 0.717) is 6.61 Å². The standard InChI is InChI=1S/C18H22ClNO2/c19-17-7-3-6-16(11-17)14-22-18-8-4-5-15(12-18)13-20-9-1-2-10-21/h3-8,11-12,20-21H,1-2,9-10,13-14H2. The predicted octanol–water partition coefficient (Wildman–Crippen LogP) is 3.78. The molecule has 0 aliphatic rings. The van der Waals surface area contributed by atoms with Gasteiger partial charge in [-0.05, 0) is 54.8 Å². The fraction of sp³-hybridized carbons (Fsp3) is 0.333. The summed E-state index contributed by atoms with van der Waals surface area (Å²) in [5, 5.41) is 12.8. The van der Waals surface area contributed by atoms with E-state index in [0.717, 1.165) is 42.3 Å². The first-order chi connectivity index (χ1) is 10.8. The number of rotatable bonds is 9. The van der Waals surface area contributed by atoms with E-state index in [1.54, 1.807) is 0 Å². The maximum atomic E-state index is 8.74. The zero-order chi connectivity index (χ0) is 15.6. The van der Waals surface area contributed by atoms with Crippen molar-refractivity contribution in [2.75, 3.05) is 13.2 Å². The second-order valence-electron chi connectivity index (χ2n) is 5.17. The molecule has 0 spiro atoms. The van der Waals surface area contributed by atoms with Crippen LogP contribution in [0.1, 0.15) is 24.0 Å². The number of aliphatic hydroxyl groups excluding tert-OH is 1. The molecule has 0 aliphatic heterocycles. The third kappa shape index (κ3) is 6.06. The molecule has 0 aromatic heterocycles. The topological polar surface area (TPSA) is 41.5 Å². The number of ether oxygens (including phenoxy) is 1. The molecule has 22 heavy (non-hydrogen) atoms. The molecule has 118 valence electrons. The van der Waals surface area contributed by atoms with Crippen LogP contribution < -0.4 is 10.1 Å². The highest BCUT2D eigenvalue weighted by Gasteiger charge is 1.99. The number of hydrogen-bond donors (Lipinski definition) is 2. The summed E-state index contributed by atoms with van der Waals surface area (Å²) in [5.41, 5.74) is 2.24. The van der Waals surface area contributed by atoms with Crippen LogP contribution in [0, 0.1) is 0 Å². The summed E-state index contributed by atoms with van der Waals surface area (Å²) in [4.78, 5) is 0. The van der Waals surface area contributed by atoms with Crippen LogP contribution in [0.5, 0.6) is 5.75 Å². The van der Waals surface area contributed by atoms with Crippen LogP contribution >= 0.6 is 11.6 Å². The van der Waals surface area contributed by atoms with E-state index < -0.39 is 0 Å². The second kappa shape index (κ2) is 9.46. The van der Waals surface area contributed by atoms with Crippen LogP contribution in [0.4, 0.5) is 0 Å². The molecule has 0 saturated carbocycles. The molecule has 0 fully saturated rings. The van der Waals surface area contributed by atoms with E-state index in [2.05, 4.69) is 11.4 Å². The molecule has 0 saturated heterocycles. The van der Waals surface area contributed by atoms with Crippen molar-refractivity contribution in [3.8, 4) is 5.75 Å². The van der Waals surface area contributed by atoms with Crippen LogP contribution in [-0.2, 0) is 13.2 Å². The van der Waals surface area contributed by atoms with Gasteiger partial charge in [-0.15, -0.1) is 0 Å². The first-order valence-corrected chi connectivity index (χ1v) is 7.93. The van der Waals surface area contributed by atoms with Gasteiger partial charge in [0.25, 0.3) is 0 Å². The number of hydrogen-bond acceptors (Lipinski definition) is 3. The maximum absolute atomic E-state index is 8.74. The van der Waals surface area contributed by atoms with Crippen molar-refractivity contribution < 1.29 is 9.84 Å². The van der Waals surface area contributed by atoms with Gasteiger partial charge in [-0.1, -0.05) is 35.9 Å². The van der Waals surface area contributed by atoms with Gasteiger partial charge in [-0.2, -0.15) is 0 Å². The molecule has 0 aliphatic carbocycles. The van der Waals surface area contributed by atoms with Crippen LogP contribution in [0.2, 0.25) is 5.02 Å². The van der Waals surface area contributed by atoms with Crippen molar-refractivity contribution in [3.63, 3.8) is 0 Å². The Bertz CT molecular complexity index is 575. The molecule has 4 heteroatoms. The third-order valence-electron chi connectivity index (χ3n) is 3.28. The molecule has 0 radical (unpaired) electrons. The highest BCUT2D eigenvalue weighted by Crippen LogP contribution is 2.17. The first-order valence-electron chi connectivity index (χ1n) is 7.55. The monoisotopic (exact) mass is 319 g/mol. The van der Waals surface area contributed by atoms with Crippen molar-refractivity contribution in [3.05, 3.63) is 64.7 Å². The Morgan fingerprint density at radius 2 is 1.82 bits per heavy atom. The van der Waals surface area contributed by atoms with Gasteiger partial charge in [-0.25, -0.2) is 0 Å². The van der Waals surface area contributed by atoms with Crippen LogP contribution in [0.25, 0.3) is 0 Å². The van der Waals surface area contributed by atoms with Gasteiger partial charge in [0, 0.05) is 18.2 Å². The van der Waals surface area contributed by atoms with Gasteiger partial charge < -0.3 is 15.2 Å². The van der Waals surface area contributed by atoms with E-state index in [1.807, 2.05) is 42.5 Å². The largest absolute Gasteiger partial charge is 0.489 e. The minimum absolute atomic E-state index is 0.258. The fourth-order valence-corrected chi connectivity index (χ4v) is 2.35. The van der Waals surface area contributed by atoms with Crippen LogP contribution in [0.15, 0.2) is 48.5 Å². The molecule has 0 bridgehead atoms. The molecule has 0 unspecified atom stereocenters. The smallest absolute Gasteiger partial charge is 0.120 e. The Morgan fingerprint density at radius 3 is 2.64 bits per heavy atom. The highest BCUT2D eigenvalue weighted by molar-refractivity contribution is 6.30. The van der Waals surface area contributed by atoms with Gasteiger partial charge in [-0.3, -0.25) is 0 Å². The Kier molecular flexibility index (Phi) is 7.23. The lowest BCUT2D eigenvalue weighted by Gasteiger charge is -2.09. The predicted molar refractivity (Wildman–Crippen MR) is 90.3 cm³/mol. The van der Waals surface area contributed by atoms with Crippen molar-refractivity contribution in [1.82, 2.24) is 5.32 Å². The van der Waals surface area contributed by atoms with E-state index in [-0.39, 0.29) is 6.61 Å². The molecule has 2 aromatic carbocycles. The van der Waals surface area contributed by atoms with Gasteiger partial charge >= 0.3 is 0 Å². The molecular weight excluding hydrogens is 298 g/mol. The van der Waals surface area contributed by atoms with Crippen molar-refractivity contribution >= 4 is 11.6 Å². The van der Waals surface area contributed by atoms with Gasteiger partial charge in [0.1, 0.15) is 12.4 Å². The van der Waals surface area contributed by atoms with Crippen molar-refractivity contribution in [2.45, 2.75) is 26.0 Å². The average Bonchev–Trinajstić information content (AvgIpc) is 2.53. The van der Waals surface area contributed by atoms with E-state index in [9.17, 15) is 0 Å². The molecule has 2 aromatic rings. The lowest BCUT2D eigenvalue weighted by molar-refractivity contribution is 0.283. The Labute approximate surface area is 136 Å². The lowest BCUT2D eigenvalue weighted by atomic mass is 10.2. The summed E-state index contributed by atoms with van der Waals surface area (Å²) in [6.45, 7) is 2.48. The summed E-state index contributed by atoms with van der Waals surface area (Å²) in [7, 11) is 0. The number of aliphatic hydroxyl groups is 1. The van der Waals surface area contributed by atoms with Crippen LogP contribution in [-0.4, -0.2) is 18.3 Å². The highest BCUT2D eigenvalue weighted by atomic mass is 35.5. The minimum atomic E-state index is 0.258. The molecule has 2 rings (SSSR count). The zero-order valence-electron chi connectivity index (χ0n) is 12.6. The molecule has 3 nitrogen and oxygen atoms in total. The fourth-order valence-electron chi connectivity index (χ4n) is 2.13. The van der Waals surface area contributed by atoms with Gasteiger partial charge in [0.15, 0.2) is 0 Å². The van der Waals surface area contributed by atoms with E-state index >= 15 is 0 Å². The second-order valence-corrected chi connectivity index (χ2v) is 5.61. The summed E-state index contributed by atoms with van der Waals surface area (Å²) in [6, 6.07) is 15.8. The summed E-state index contributed by atoms with van der Waals surface area (Å²) >= 11 is 5.97. The molecular formula is C18H22ClNO2. The maximum Gasteiger partial charge on any atom is 0.120 e. The number of unbranched alkanes of at least 4 members (excludes halogenated alkanes) is 1. The minimum Gasteiger partial charge on any atom is -0.489 e. The van der Waals surface area contributed by atoms with Crippen LogP contribution in [0.3, 0.4) is 0 Å². The van der Waals surface area contributed by atoms with E-state index in [4.69, 9.17) is 21.4 Å². The normalized spacial score (nSPS) is 10.6. The summed E-state index contributed by atoms with van der Waals surface area (Å²) in [6.07, 6.45) is 1.83. The number of nitrogens with one attached hydrogen (secondary N) is 1. The third-order valence-corrected chi connectivity index (χ3v) is 3.52. The molecule has 0 atom stereocenters. The number of benzene rings is 2. The van der Waals surface area contributed by atoms with Crippen molar-refractivity contribution in [2.24, 2.45) is 0 Å². The Morgan fingerprint density at radius 1 is 1.00 bits per heavy atom. The SMILES string of the molecule is OCCCCNCc1cccc(OCc2cccc(Cl)c2)c1. The van der Waals surface area contributed by atoms with Gasteiger partial charge in [0.05, 0.1) is 0 Å². The first kappa shape index (κ1) is 16.8. The molecule has 2 N–H and O–H groups in total. The van der Waals surface area contributed by atoms with Crippen molar-refractivity contribution in [1.29, 1.82) is 0 Å². The Hall–Kier alpha value is -1.55. The number of halogens is 1. The average molecular weight is 320 g/mol. The van der Waals surface area contributed by atoms with Gasteiger partial charge in [0.2, 0.25) is 0 Å². The summed E-state index contributed by atoms with van der Waals surface area (Å²) < 4.78 is 5.81. The Balaban J connectivity index is 1.80. The molecule has 0 amide bonds. The quantitative estimate of drug-likeness (QED) is 0.691. The zero-order valence-corrected chi connectivity index (χ0v) is 13.4.